The Morgan fingerprint density at radius 3 is 2.35 bits per heavy atom. The highest BCUT2D eigenvalue weighted by atomic mass is 79.9. The van der Waals surface area contributed by atoms with Crippen LogP contribution in [0, 0.1) is 0 Å². The molecule has 0 heterocycles. The monoisotopic (exact) mass is 352 g/mol. The molecule has 0 saturated heterocycles. The number of ketones is 1. The summed E-state index contributed by atoms with van der Waals surface area (Å²) in [4.78, 5) is 11.4. The molecule has 0 aliphatic rings. The molecule has 8 heteroatoms. The van der Waals surface area contributed by atoms with Gasteiger partial charge in [0.25, 0.3) is 5.78 Å². The van der Waals surface area contributed by atoms with Crippen molar-refractivity contribution in [2.24, 2.45) is 5.10 Å². The molecule has 20 heavy (non-hydrogen) atoms. The minimum Gasteiger partial charge on any atom is -0.496 e. The van der Waals surface area contributed by atoms with Gasteiger partial charge in [0, 0.05) is 19.7 Å². The second kappa shape index (κ2) is 6.25. The lowest BCUT2D eigenvalue weighted by Crippen LogP contribution is -2.32. The molecule has 0 aliphatic carbocycles. The van der Waals surface area contributed by atoms with Gasteiger partial charge in [0.15, 0.2) is 0 Å². The van der Waals surface area contributed by atoms with Crippen LogP contribution in [0.3, 0.4) is 0 Å². The van der Waals surface area contributed by atoms with Gasteiger partial charge in [-0.25, -0.2) is 0 Å². The molecule has 0 aliphatic heterocycles. The fraction of sp³-hybridized carbons (Fsp3) is 0.333. The molecular formula is C12H12BrF3N2O2. The predicted molar refractivity (Wildman–Crippen MR) is 72.0 cm³/mol. The summed E-state index contributed by atoms with van der Waals surface area (Å²) in [7, 11) is 4.29. The van der Waals surface area contributed by atoms with E-state index < -0.39 is 17.7 Å². The molecule has 4 nitrogen and oxygen atoms in total. The van der Waals surface area contributed by atoms with E-state index in [0.717, 1.165) is 5.01 Å². The molecule has 0 bridgehead atoms. The molecule has 0 amide bonds. The third-order valence-corrected chi connectivity index (χ3v) is 2.82. The maximum absolute atomic E-state index is 12.6. The van der Waals surface area contributed by atoms with Gasteiger partial charge in [-0.1, -0.05) is 0 Å². The summed E-state index contributed by atoms with van der Waals surface area (Å²) in [6, 6.07) is 4.15. The van der Waals surface area contributed by atoms with Gasteiger partial charge in [0.05, 0.1) is 11.6 Å². The van der Waals surface area contributed by atoms with Crippen LogP contribution in [0.1, 0.15) is 5.56 Å². The van der Waals surface area contributed by atoms with Crippen molar-refractivity contribution in [1.29, 1.82) is 0 Å². The molecule has 0 aromatic heterocycles. The van der Waals surface area contributed by atoms with Crippen LogP contribution >= 0.6 is 15.9 Å². The molecule has 1 rings (SSSR count). The number of hydrogen-bond donors (Lipinski definition) is 0. The van der Waals surface area contributed by atoms with Crippen molar-refractivity contribution < 1.29 is 22.7 Å². The second-order valence-electron chi connectivity index (χ2n) is 3.97. The first-order valence-electron chi connectivity index (χ1n) is 5.38. The van der Waals surface area contributed by atoms with Gasteiger partial charge >= 0.3 is 6.18 Å². The van der Waals surface area contributed by atoms with Gasteiger partial charge in [0.2, 0.25) is 0 Å². The Kier molecular flexibility index (Phi) is 5.15. The fourth-order valence-corrected chi connectivity index (χ4v) is 1.92. The molecule has 0 unspecified atom stereocenters. The number of methoxy groups -OCH3 is 1. The van der Waals surface area contributed by atoms with Crippen molar-refractivity contribution in [3.63, 3.8) is 0 Å². The summed E-state index contributed by atoms with van der Waals surface area (Å²) in [5, 5.41) is 4.76. The van der Waals surface area contributed by atoms with E-state index in [4.69, 9.17) is 4.74 Å². The molecule has 0 fully saturated rings. The number of carbonyl (C=O) groups is 1. The Labute approximate surface area is 122 Å². The van der Waals surface area contributed by atoms with Gasteiger partial charge in [-0.3, -0.25) is 4.79 Å². The zero-order valence-electron chi connectivity index (χ0n) is 11.0. The van der Waals surface area contributed by atoms with Gasteiger partial charge in [-0.05, 0) is 34.1 Å². The van der Waals surface area contributed by atoms with Crippen LogP contribution in [0.15, 0.2) is 27.8 Å². The number of nitrogens with zero attached hydrogens (tertiary/aromatic N) is 2. The quantitative estimate of drug-likeness (QED) is 0.618. The first-order chi connectivity index (χ1) is 9.16. The van der Waals surface area contributed by atoms with Gasteiger partial charge in [0.1, 0.15) is 11.5 Å². The minimum atomic E-state index is -4.98. The number of hydrogen-bond acceptors (Lipinski definition) is 4. The lowest BCUT2D eigenvalue weighted by molar-refractivity contribution is -0.163. The van der Waals surface area contributed by atoms with E-state index in [1.165, 1.54) is 39.4 Å². The van der Waals surface area contributed by atoms with E-state index in [0.29, 0.717) is 10.2 Å². The van der Waals surface area contributed by atoms with Crippen LogP contribution in [0.5, 0.6) is 5.75 Å². The zero-order chi connectivity index (χ0) is 15.5. The summed E-state index contributed by atoms with van der Waals surface area (Å²) in [5.74, 6) is -1.55. The number of halogens is 4. The molecule has 1 aromatic rings. The molecule has 0 N–H and O–H groups in total. The average Bonchev–Trinajstić information content (AvgIpc) is 2.33. The number of alkyl halides is 3. The van der Waals surface area contributed by atoms with Crippen molar-refractivity contribution >= 4 is 27.4 Å². The van der Waals surface area contributed by atoms with Crippen LogP contribution < -0.4 is 4.74 Å². The highest BCUT2D eigenvalue weighted by Crippen LogP contribution is 2.27. The third kappa shape index (κ3) is 3.96. The summed E-state index contributed by atoms with van der Waals surface area (Å²) >= 11 is 3.16. The summed E-state index contributed by atoms with van der Waals surface area (Å²) in [6.07, 6.45) is -4.98. The van der Waals surface area contributed by atoms with Gasteiger partial charge in [-0.2, -0.15) is 18.3 Å². The second-order valence-corrected chi connectivity index (χ2v) is 4.83. The molecular weight excluding hydrogens is 341 g/mol. The van der Waals surface area contributed by atoms with Crippen molar-refractivity contribution in [2.45, 2.75) is 6.18 Å². The molecule has 0 spiro atoms. The number of ether oxygens (including phenoxy) is 1. The maximum atomic E-state index is 12.6. The summed E-state index contributed by atoms with van der Waals surface area (Å²) < 4.78 is 43.2. The number of benzene rings is 1. The number of rotatable bonds is 4. The van der Waals surface area contributed by atoms with E-state index in [1.54, 1.807) is 0 Å². The molecule has 1 aromatic carbocycles. The molecule has 110 valence electrons. The Morgan fingerprint density at radius 1 is 1.35 bits per heavy atom. The Balaban J connectivity index is 3.33. The van der Waals surface area contributed by atoms with E-state index in [1.807, 2.05) is 0 Å². The van der Waals surface area contributed by atoms with E-state index in [-0.39, 0.29) is 5.56 Å². The predicted octanol–water partition coefficient (Wildman–Crippen LogP) is 2.85. The summed E-state index contributed by atoms with van der Waals surface area (Å²) in [6.45, 7) is 0. The average molecular weight is 353 g/mol. The van der Waals surface area contributed by atoms with Crippen LogP contribution in [-0.2, 0) is 4.79 Å². The topological polar surface area (TPSA) is 41.9 Å². The number of Topliss-reactive ketones (excluding diaryl/α,β-unsaturated/α-hetero) is 1. The van der Waals surface area contributed by atoms with Crippen LogP contribution in [0.25, 0.3) is 0 Å². The van der Waals surface area contributed by atoms with E-state index >= 15 is 0 Å². The SMILES string of the molecule is COc1ccc(C(=NN(C)C)C(=O)C(F)(F)F)cc1Br. The Morgan fingerprint density at radius 2 is 1.95 bits per heavy atom. The maximum Gasteiger partial charge on any atom is 0.456 e. The van der Waals surface area contributed by atoms with Crippen molar-refractivity contribution in [3.8, 4) is 5.75 Å². The van der Waals surface area contributed by atoms with Gasteiger partial charge < -0.3 is 9.75 Å². The normalized spacial score (nSPS) is 12.2. The molecule has 0 atom stereocenters. The van der Waals surface area contributed by atoms with Crippen LogP contribution in [-0.4, -0.2) is 43.9 Å². The zero-order valence-corrected chi connectivity index (χ0v) is 12.5. The highest BCUT2D eigenvalue weighted by Gasteiger charge is 2.42. The Bertz CT molecular complexity index is 542. The number of carbonyl (C=O) groups excluding carboxylic acids is 1. The van der Waals surface area contributed by atoms with Gasteiger partial charge in [-0.15, -0.1) is 0 Å². The third-order valence-electron chi connectivity index (χ3n) is 2.20. The van der Waals surface area contributed by atoms with Crippen molar-refractivity contribution in [2.75, 3.05) is 21.2 Å². The Hall–Kier alpha value is -1.57. The molecule has 0 saturated carbocycles. The van der Waals surface area contributed by atoms with Crippen LogP contribution in [0.2, 0.25) is 0 Å². The minimum absolute atomic E-state index is 0.0497. The summed E-state index contributed by atoms with van der Waals surface area (Å²) in [5.41, 5.74) is -0.625. The van der Waals surface area contributed by atoms with Crippen molar-refractivity contribution in [3.05, 3.63) is 28.2 Å². The fourth-order valence-electron chi connectivity index (χ4n) is 1.38. The van der Waals surface area contributed by atoms with E-state index in [2.05, 4.69) is 21.0 Å². The van der Waals surface area contributed by atoms with Crippen molar-refractivity contribution in [1.82, 2.24) is 5.01 Å². The lowest BCUT2D eigenvalue weighted by Gasteiger charge is -2.13. The smallest absolute Gasteiger partial charge is 0.456 e. The first kappa shape index (κ1) is 16.5. The lowest BCUT2D eigenvalue weighted by atomic mass is 10.1. The number of hydrazone groups is 1. The standard InChI is InChI=1S/C12H12BrF3N2O2/c1-18(2)17-10(11(19)12(14,15)16)7-4-5-9(20-3)8(13)6-7/h4-6H,1-3H3. The first-order valence-corrected chi connectivity index (χ1v) is 6.17. The highest BCUT2D eigenvalue weighted by molar-refractivity contribution is 9.10. The van der Waals surface area contributed by atoms with Crippen LogP contribution in [0.4, 0.5) is 13.2 Å². The van der Waals surface area contributed by atoms with E-state index in [9.17, 15) is 18.0 Å². The molecule has 0 radical (unpaired) electrons. The largest absolute Gasteiger partial charge is 0.496 e.